The first kappa shape index (κ1) is 18.3. The quantitative estimate of drug-likeness (QED) is 0.411. The number of hydrogen-bond donors (Lipinski definition) is 4. The van der Waals surface area contributed by atoms with Crippen LogP contribution in [0.1, 0.15) is 52.4 Å². The number of epoxide rings is 2. The average molecular weight is 392 g/mol. The lowest BCUT2D eigenvalue weighted by Gasteiger charge is -2.60. The molecular formula is C22H32O6. The van der Waals surface area contributed by atoms with Gasteiger partial charge in [0.25, 0.3) is 0 Å². The molecule has 3 saturated carbocycles. The Bertz CT molecular complexity index is 768. The Labute approximate surface area is 165 Å². The number of aliphatic hydroxyl groups is 4. The van der Waals surface area contributed by atoms with Gasteiger partial charge in [0, 0.05) is 13.0 Å². The number of rotatable bonds is 2. The fourth-order valence-corrected chi connectivity index (χ4v) is 8.23. The number of aliphatic hydroxyl groups excluding tert-OH is 3. The first-order valence-electron chi connectivity index (χ1n) is 10.9. The maximum atomic E-state index is 11.7. The van der Waals surface area contributed by atoms with Crippen LogP contribution < -0.4 is 0 Å². The summed E-state index contributed by atoms with van der Waals surface area (Å²) in [7, 11) is 0. The van der Waals surface area contributed by atoms with Crippen LogP contribution in [0.5, 0.6) is 0 Å². The molecule has 6 heteroatoms. The molecule has 0 aromatic rings. The van der Waals surface area contributed by atoms with Gasteiger partial charge in [0.15, 0.2) is 0 Å². The van der Waals surface area contributed by atoms with Gasteiger partial charge in [-0.2, -0.15) is 0 Å². The fourth-order valence-electron chi connectivity index (χ4n) is 8.23. The van der Waals surface area contributed by atoms with Gasteiger partial charge in [-0.1, -0.05) is 31.9 Å². The molecule has 4 N–H and O–H groups in total. The highest BCUT2D eigenvalue weighted by Crippen LogP contribution is 2.73. The van der Waals surface area contributed by atoms with Gasteiger partial charge in [-0.25, -0.2) is 0 Å². The van der Waals surface area contributed by atoms with Crippen molar-refractivity contribution in [2.45, 2.75) is 87.5 Å². The first-order chi connectivity index (χ1) is 13.2. The van der Waals surface area contributed by atoms with Crippen LogP contribution >= 0.6 is 0 Å². The van der Waals surface area contributed by atoms with E-state index in [9.17, 15) is 20.4 Å². The molecule has 0 amide bonds. The normalized spacial score (nSPS) is 63.8. The van der Waals surface area contributed by atoms with Crippen molar-refractivity contribution in [3.63, 3.8) is 0 Å². The smallest absolute Gasteiger partial charge is 0.149 e. The highest BCUT2D eigenvalue weighted by atomic mass is 16.7. The van der Waals surface area contributed by atoms with Gasteiger partial charge in [-0.3, -0.25) is 0 Å². The molecule has 156 valence electrons. The molecule has 10 atom stereocenters. The number of fused-ring (bicyclic) bond motifs is 5. The Balaban J connectivity index is 1.41. The van der Waals surface area contributed by atoms with Crippen LogP contribution in [0.15, 0.2) is 11.6 Å². The summed E-state index contributed by atoms with van der Waals surface area (Å²) in [6.45, 7) is 4.50. The van der Waals surface area contributed by atoms with Crippen LogP contribution in [0.4, 0.5) is 0 Å². The minimum absolute atomic E-state index is 0.0628. The minimum Gasteiger partial charge on any atom is -0.396 e. The van der Waals surface area contributed by atoms with E-state index in [-0.39, 0.29) is 30.0 Å². The van der Waals surface area contributed by atoms with Gasteiger partial charge in [-0.15, -0.1) is 0 Å². The summed E-state index contributed by atoms with van der Waals surface area (Å²) in [4.78, 5) is 0. The third kappa shape index (κ3) is 1.75. The second kappa shape index (κ2) is 5.04. The zero-order chi connectivity index (χ0) is 19.7. The molecule has 2 unspecified atom stereocenters. The standard InChI is InChI=1S/C22H32O6/c1-18(10-23)6-3-7-19(2)13-9-22-16(27-22)15(25)20(11-24)17(28-20)21(22,26)8-12(13)4-5-14(18)19/h4,13-17,23-26H,3,5-11H2,1-2H3/t13-,14-,15-,16?,17?,18-,19+,20-,21+,22+/m0/s1. The molecule has 6 rings (SSSR count). The minimum atomic E-state index is -1.18. The van der Waals surface area contributed by atoms with Crippen molar-refractivity contribution >= 4 is 0 Å². The molecular weight excluding hydrogens is 360 g/mol. The van der Waals surface area contributed by atoms with Crippen molar-refractivity contribution in [2.75, 3.05) is 13.2 Å². The SMILES string of the molecule is C[C@@]1(CO)CCC[C@]2(C)[C@H]3C[C@@]45OC4[C@H](O)[C@]4(CO)OC4[C@]5(O)CC3=CC[C@@H]12. The van der Waals surface area contributed by atoms with Crippen LogP contribution in [-0.4, -0.2) is 68.8 Å². The summed E-state index contributed by atoms with van der Waals surface area (Å²) in [5.41, 5.74) is -1.74. The maximum Gasteiger partial charge on any atom is 0.149 e. The Morgan fingerprint density at radius 1 is 1.14 bits per heavy atom. The Hall–Kier alpha value is -0.500. The van der Waals surface area contributed by atoms with E-state index in [0.717, 1.165) is 25.7 Å². The van der Waals surface area contributed by atoms with Crippen LogP contribution in [0.3, 0.4) is 0 Å². The molecule has 4 aliphatic carbocycles. The van der Waals surface area contributed by atoms with E-state index in [4.69, 9.17) is 9.47 Å². The molecule has 28 heavy (non-hydrogen) atoms. The lowest BCUT2D eigenvalue weighted by Crippen LogP contribution is -2.66. The first-order valence-corrected chi connectivity index (χ1v) is 10.9. The van der Waals surface area contributed by atoms with Gasteiger partial charge in [-0.05, 0) is 48.3 Å². The van der Waals surface area contributed by atoms with E-state index in [1.54, 1.807) is 0 Å². The third-order valence-electron chi connectivity index (χ3n) is 9.97. The molecule has 0 radical (unpaired) electrons. The van der Waals surface area contributed by atoms with E-state index in [0.29, 0.717) is 18.8 Å². The van der Waals surface area contributed by atoms with Gasteiger partial charge in [0.1, 0.15) is 35.1 Å². The van der Waals surface area contributed by atoms with Gasteiger partial charge in [0.2, 0.25) is 0 Å². The highest BCUT2D eigenvalue weighted by Gasteiger charge is 2.90. The molecule has 2 aliphatic heterocycles. The summed E-state index contributed by atoms with van der Waals surface area (Å²) in [5.74, 6) is 0.699. The highest BCUT2D eigenvalue weighted by molar-refractivity contribution is 5.42. The van der Waals surface area contributed by atoms with Crippen molar-refractivity contribution < 1.29 is 29.9 Å². The summed E-state index contributed by atoms with van der Waals surface area (Å²) in [5, 5.41) is 42.5. The lowest BCUT2D eigenvalue weighted by atomic mass is 9.44. The van der Waals surface area contributed by atoms with Crippen LogP contribution in [-0.2, 0) is 9.47 Å². The van der Waals surface area contributed by atoms with Crippen molar-refractivity contribution in [1.82, 2.24) is 0 Å². The van der Waals surface area contributed by atoms with Crippen molar-refractivity contribution in [2.24, 2.45) is 22.7 Å². The number of hydrogen-bond acceptors (Lipinski definition) is 6. The van der Waals surface area contributed by atoms with Crippen LogP contribution in [0.25, 0.3) is 0 Å². The fraction of sp³-hybridized carbons (Fsp3) is 0.909. The average Bonchev–Trinajstić information content (AvgIpc) is 3.56. The molecule has 6 nitrogen and oxygen atoms in total. The molecule has 5 fully saturated rings. The van der Waals surface area contributed by atoms with E-state index in [2.05, 4.69) is 19.9 Å². The van der Waals surface area contributed by atoms with Crippen molar-refractivity contribution in [3.05, 3.63) is 11.6 Å². The third-order valence-corrected chi connectivity index (χ3v) is 9.97. The van der Waals surface area contributed by atoms with Crippen molar-refractivity contribution in [3.8, 4) is 0 Å². The predicted molar refractivity (Wildman–Crippen MR) is 99.3 cm³/mol. The zero-order valence-corrected chi connectivity index (χ0v) is 16.7. The molecule has 0 aromatic carbocycles. The molecule has 0 bridgehead atoms. The van der Waals surface area contributed by atoms with Crippen LogP contribution in [0.2, 0.25) is 0 Å². The second-order valence-corrected chi connectivity index (χ2v) is 11.1. The Morgan fingerprint density at radius 2 is 1.93 bits per heavy atom. The zero-order valence-electron chi connectivity index (χ0n) is 16.7. The monoisotopic (exact) mass is 392 g/mol. The number of allylic oxidation sites excluding steroid dienone is 1. The second-order valence-electron chi connectivity index (χ2n) is 11.1. The summed E-state index contributed by atoms with van der Waals surface area (Å²) in [6.07, 6.45) is 5.77. The van der Waals surface area contributed by atoms with E-state index in [1.807, 2.05) is 0 Å². The molecule has 6 aliphatic rings. The van der Waals surface area contributed by atoms with E-state index >= 15 is 0 Å². The molecule has 2 heterocycles. The lowest BCUT2D eigenvalue weighted by molar-refractivity contribution is -0.127. The van der Waals surface area contributed by atoms with Gasteiger partial charge >= 0.3 is 0 Å². The summed E-state index contributed by atoms with van der Waals surface area (Å²) in [6, 6.07) is 0. The molecule has 2 saturated heterocycles. The summed E-state index contributed by atoms with van der Waals surface area (Å²) < 4.78 is 11.9. The predicted octanol–water partition coefficient (Wildman–Crippen LogP) is 0.905. The van der Waals surface area contributed by atoms with E-state index < -0.39 is 35.1 Å². The van der Waals surface area contributed by atoms with Crippen molar-refractivity contribution in [1.29, 1.82) is 0 Å². The van der Waals surface area contributed by atoms with E-state index in [1.165, 1.54) is 5.57 Å². The molecule has 0 aromatic heterocycles. The number of ether oxygens (including phenoxy) is 2. The summed E-state index contributed by atoms with van der Waals surface area (Å²) >= 11 is 0. The maximum absolute atomic E-state index is 11.7. The van der Waals surface area contributed by atoms with Gasteiger partial charge in [0.05, 0.1) is 6.61 Å². The van der Waals surface area contributed by atoms with Gasteiger partial charge < -0.3 is 29.9 Å². The Morgan fingerprint density at radius 3 is 2.64 bits per heavy atom. The largest absolute Gasteiger partial charge is 0.396 e. The topological polar surface area (TPSA) is 106 Å². The Kier molecular flexibility index (Phi) is 3.29. The molecule has 1 spiro atoms. The van der Waals surface area contributed by atoms with Crippen LogP contribution in [0, 0.1) is 22.7 Å².